The first-order chi connectivity index (χ1) is 9.24. The fraction of sp³-hybridized carbons (Fsp3) is 0.500. The van der Waals surface area contributed by atoms with Gasteiger partial charge in [0.2, 0.25) is 0 Å². The van der Waals surface area contributed by atoms with Crippen LogP contribution in [0.2, 0.25) is 5.02 Å². The van der Waals surface area contributed by atoms with Crippen molar-refractivity contribution in [2.75, 3.05) is 13.7 Å². The van der Waals surface area contributed by atoms with E-state index in [1.807, 2.05) is 18.2 Å². The molecule has 3 rings (SSSR count). The SMILES string of the molecule is COC(CN)Cc1nc2cccc(Cl)c2n1C1CC1. The Kier molecular flexibility index (Phi) is 3.48. The fourth-order valence-corrected chi connectivity index (χ4v) is 2.75. The molecule has 1 heterocycles. The summed E-state index contributed by atoms with van der Waals surface area (Å²) < 4.78 is 7.65. The molecule has 0 bridgehead atoms. The van der Waals surface area contributed by atoms with E-state index in [0.717, 1.165) is 28.3 Å². The van der Waals surface area contributed by atoms with Gasteiger partial charge in [-0.3, -0.25) is 0 Å². The molecule has 0 aliphatic heterocycles. The maximum absolute atomic E-state index is 6.33. The summed E-state index contributed by atoms with van der Waals surface area (Å²) >= 11 is 6.33. The van der Waals surface area contributed by atoms with Gasteiger partial charge in [-0.15, -0.1) is 0 Å². The van der Waals surface area contributed by atoms with Gasteiger partial charge >= 0.3 is 0 Å². The third-order valence-corrected chi connectivity index (χ3v) is 3.96. The standard InChI is InChI=1S/C14H18ClN3O/c1-19-10(8-16)7-13-17-12-4-2-3-11(15)14(12)18(13)9-5-6-9/h2-4,9-10H,5-8,16H2,1H3. The van der Waals surface area contributed by atoms with Crippen molar-refractivity contribution in [1.29, 1.82) is 0 Å². The predicted molar refractivity (Wildman–Crippen MR) is 76.6 cm³/mol. The number of ether oxygens (including phenoxy) is 1. The lowest BCUT2D eigenvalue weighted by molar-refractivity contribution is 0.107. The van der Waals surface area contributed by atoms with Gasteiger partial charge in [0.1, 0.15) is 5.82 Å². The molecule has 1 aromatic heterocycles. The summed E-state index contributed by atoms with van der Waals surface area (Å²) in [6.07, 6.45) is 3.13. The number of para-hydroxylation sites is 1. The minimum atomic E-state index is 0.00749. The van der Waals surface area contributed by atoms with Crippen LogP contribution in [0.3, 0.4) is 0 Å². The van der Waals surface area contributed by atoms with Gasteiger partial charge in [-0.2, -0.15) is 0 Å². The van der Waals surface area contributed by atoms with Crippen molar-refractivity contribution in [3.63, 3.8) is 0 Å². The Balaban J connectivity index is 2.08. The molecule has 1 saturated carbocycles. The van der Waals surface area contributed by atoms with Crippen molar-refractivity contribution in [3.05, 3.63) is 29.0 Å². The summed E-state index contributed by atoms with van der Waals surface area (Å²) in [6.45, 7) is 0.498. The highest BCUT2D eigenvalue weighted by molar-refractivity contribution is 6.35. The average molecular weight is 280 g/mol. The molecule has 5 heteroatoms. The number of imidazole rings is 1. The summed E-state index contributed by atoms with van der Waals surface area (Å²) in [5.74, 6) is 1.03. The minimum absolute atomic E-state index is 0.00749. The average Bonchev–Trinajstić information content (AvgIpc) is 3.18. The lowest BCUT2D eigenvalue weighted by atomic mass is 10.2. The maximum atomic E-state index is 6.33. The lowest BCUT2D eigenvalue weighted by Crippen LogP contribution is -2.26. The Labute approximate surface area is 117 Å². The summed E-state index contributed by atoms with van der Waals surface area (Å²) in [6, 6.07) is 6.41. The van der Waals surface area contributed by atoms with Gasteiger partial charge in [0.25, 0.3) is 0 Å². The highest BCUT2D eigenvalue weighted by Gasteiger charge is 2.29. The van der Waals surface area contributed by atoms with Gasteiger partial charge in [0.05, 0.1) is 22.2 Å². The number of methoxy groups -OCH3 is 1. The van der Waals surface area contributed by atoms with E-state index in [1.54, 1.807) is 7.11 Å². The molecule has 0 amide bonds. The molecule has 1 unspecified atom stereocenters. The highest BCUT2D eigenvalue weighted by atomic mass is 35.5. The van der Waals surface area contributed by atoms with Crippen molar-refractivity contribution in [2.45, 2.75) is 31.4 Å². The number of benzene rings is 1. The maximum Gasteiger partial charge on any atom is 0.112 e. The molecule has 0 radical (unpaired) electrons. The zero-order valence-corrected chi connectivity index (χ0v) is 11.7. The predicted octanol–water partition coefficient (Wildman–Crippen LogP) is 2.54. The van der Waals surface area contributed by atoms with Crippen molar-refractivity contribution >= 4 is 22.6 Å². The van der Waals surface area contributed by atoms with E-state index >= 15 is 0 Å². The van der Waals surface area contributed by atoms with Crippen LogP contribution in [0.1, 0.15) is 24.7 Å². The van der Waals surface area contributed by atoms with E-state index < -0.39 is 0 Å². The Morgan fingerprint density at radius 1 is 1.53 bits per heavy atom. The van der Waals surface area contributed by atoms with Crippen molar-refractivity contribution < 1.29 is 4.74 Å². The van der Waals surface area contributed by atoms with E-state index in [-0.39, 0.29) is 6.10 Å². The summed E-state index contributed by atoms with van der Waals surface area (Å²) in [4.78, 5) is 4.71. The number of nitrogens with two attached hydrogens (primary N) is 1. The molecule has 1 aliphatic rings. The Hall–Kier alpha value is -1.10. The number of hydrogen-bond acceptors (Lipinski definition) is 3. The molecule has 2 aromatic rings. The summed E-state index contributed by atoms with van der Waals surface area (Å²) in [7, 11) is 1.69. The zero-order valence-electron chi connectivity index (χ0n) is 11.0. The Bertz CT molecular complexity index is 588. The monoisotopic (exact) mass is 279 g/mol. The Morgan fingerprint density at radius 3 is 2.95 bits per heavy atom. The van der Waals surface area contributed by atoms with E-state index in [0.29, 0.717) is 12.6 Å². The van der Waals surface area contributed by atoms with E-state index in [2.05, 4.69) is 4.57 Å². The van der Waals surface area contributed by atoms with Gasteiger partial charge in [-0.05, 0) is 25.0 Å². The molecular formula is C14H18ClN3O. The molecular weight excluding hydrogens is 262 g/mol. The first-order valence-electron chi connectivity index (χ1n) is 6.62. The van der Waals surface area contributed by atoms with Crippen LogP contribution < -0.4 is 5.73 Å². The van der Waals surface area contributed by atoms with Crippen molar-refractivity contribution in [2.24, 2.45) is 5.73 Å². The third-order valence-electron chi connectivity index (χ3n) is 3.65. The molecule has 0 spiro atoms. The third kappa shape index (κ3) is 2.36. The molecule has 1 fully saturated rings. The van der Waals surface area contributed by atoms with Crippen molar-refractivity contribution in [3.8, 4) is 0 Å². The van der Waals surface area contributed by atoms with Gasteiger partial charge in [0, 0.05) is 26.1 Å². The van der Waals surface area contributed by atoms with Gasteiger partial charge in [-0.1, -0.05) is 17.7 Å². The van der Waals surface area contributed by atoms with Gasteiger partial charge in [-0.25, -0.2) is 4.98 Å². The molecule has 0 saturated heterocycles. The van der Waals surface area contributed by atoms with Crippen LogP contribution in [0, 0.1) is 0 Å². The number of nitrogens with zero attached hydrogens (tertiary/aromatic N) is 2. The number of hydrogen-bond donors (Lipinski definition) is 1. The topological polar surface area (TPSA) is 53.1 Å². The second kappa shape index (κ2) is 5.12. The summed E-state index contributed by atoms with van der Waals surface area (Å²) in [5.41, 5.74) is 7.72. The quantitative estimate of drug-likeness (QED) is 0.915. The van der Waals surface area contributed by atoms with Gasteiger partial charge in [0.15, 0.2) is 0 Å². The molecule has 4 nitrogen and oxygen atoms in total. The van der Waals surface area contributed by atoms with Crippen LogP contribution in [-0.4, -0.2) is 29.3 Å². The fourth-order valence-electron chi connectivity index (χ4n) is 2.49. The molecule has 102 valence electrons. The second-order valence-electron chi connectivity index (χ2n) is 5.03. The van der Waals surface area contributed by atoms with Crippen LogP contribution in [0.25, 0.3) is 11.0 Å². The van der Waals surface area contributed by atoms with Crippen LogP contribution in [0.5, 0.6) is 0 Å². The minimum Gasteiger partial charge on any atom is -0.380 e. The Morgan fingerprint density at radius 2 is 2.32 bits per heavy atom. The molecule has 19 heavy (non-hydrogen) atoms. The number of aromatic nitrogens is 2. The molecule has 1 atom stereocenters. The van der Waals surface area contributed by atoms with Gasteiger partial charge < -0.3 is 15.0 Å². The first-order valence-corrected chi connectivity index (χ1v) is 7.00. The normalized spacial score (nSPS) is 17.0. The smallest absolute Gasteiger partial charge is 0.112 e. The van der Waals surface area contributed by atoms with Crippen LogP contribution in [0.15, 0.2) is 18.2 Å². The zero-order chi connectivity index (χ0) is 13.4. The number of fused-ring (bicyclic) bond motifs is 1. The molecule has 1 aliphatic carbocycles. The number of rotatable bonds is 5. The number of halogens is 1. The van der Waals surface area contributed by atoms with E-state index in [9.17, 15) is 0 Å². The van der Waals surface area contributed by atoms with E-state index in [1.165, 1.54) is 12.8 Å². The first kappa shape index (κ1) is 12.9. The molecule has 1 aromatic carbocycles. The second-order valence-corrected chi connectivity index (χ2v) is 5.44. The van der Waals surface area contributed by atoms with Crippen LogP contribution in [-0.2, 0) is 11.2 Å². The van der Waals surface area contributed by atoms with Crippen LogP contribution >= 0.6 is 11.6 Å². The largest absolute Gasteiger partial charge is 0.380 e. The molecule has 2 N–H and O–H groups in total. The summed E-state index contributed by atoms with van der Waals surface area (Å²) in [5, 5.41) is 0.768. The highest BCUT2D eigenvalue weighted by Crippen LogP contribution is 2.40. The lowest BCUT2D eigenvalue weighted by Gasteiger charge is -2.14. The van der Waals surface area contributed by atoms with E-state index in [4.69, 9.17) is 27.1 Å². The van der Waals surface area contributed by atoms with Crippen LogP contribution in [0.4, 0.5) is 0 Å². The van der Waals surface area contributed by atoms with Crippen molar-refractivity contribution in [1.82, 2.24) is 9.55 Å².